The van der Waals surface area contributed by atoms with E-state index >= 15 is 0 Å². The van der Waals surface area contributed by atoms with Gasteiger partial charge in [0.1, 0.15) is 5.75 Å². The van der Waals surface area contributed by atoms with E-state index in [1.165, 1.54) is 16.7 Å². The molecule has 0 aliphatic carbocycles. The van der Waals surface area contributed by atoms with Gasteiger partial charge in [-0.15, -0.1) is 0 Å². The molecule has 0 spiro atoms. The normalized spacial score (nSPS) is 17.1. The summed E-state index contributed by atoms with van der Waals surface area (Å²) in [4.78, 5) is 15.0. The largest absolute Gasteiger partial charge is 0.493 e. The molecular weight excluding hydrogens is 450 g/mol. The first-order valence-corrected chi connectivity index (χ1v) is 10.2. The third-order valence-electron chi connectivity index (χ3n) is 3.97. The molecule has 0 atom stereocenters. The lowest BCUT2D eigenvalue weighted by molar-refractivity contribution is -0.113. The molecule has 2 heterocycles. The Balaban J connectivity index is 1.67. The van der Waals surface area contributed by atoms with E-state index in [2.05, 4.69) is 15.9 Å². The SMILES string of the molecule is CCOc1ccc(Br)cc1/C=C1/SC(=S)N(c2ccc3c(c2)OCO3)C1=O. The Morgan fingerprint density at radius 2 is 2.07 bits per heavy atom. The highest BCUT2D eigenvalue weighted by Crippen LogP contribution is 2.41. The molecule has 2 aromatic rings. The summed E-state index contributed by atoms with van der Waals surface area (Å²) in [7, 11) is 0. The number of carbonyl (C=O) groups is 1. The highest BCUT2D eigenvalue weighted by Gasteiger charge is 2.34. The number of halogens is 1. The van der Waals surface area contributed by atoms with Gasteiger partial charge in [-0.05, 0) is 43.3 Å². The number of ether oxygens (including phenoxy) is 3. The Bertz CT molecular complexity index is 976. The number of rotatable bonds is 4. The first-order valence-electron chi connectivity index (χ1n) is 8.17. The van der Waals surface area contributed by atoms with Gasteiger partial charge in [-0.25, -0.2) is 0 Å². The molecule has 1 saturated heterocycles. The van der Waals surface area contributed by atoms with Crippen LogP contribution >= 0.6 is 39.9 Å². The van der Waals surface area contributed by atoms with Gasteiger partial charge in [0, 0.05) is 16.1 Å². The molecule has 2 aromatic carbocycles. The van der Waals surface area contributed by atoms with Crippen molar-refractivity contribution in [3.63, 3.8) is 0 Å². The van der Waals surface area contributed by atoms with Crippen molar-refractivity contribution in [2.24, 2.45) is 0 Å². The maximum Gasteiger partial charge on any atom is 0.270 e. The average Bonchev–Trinajstić information content (AvgIpc) is 3.21. The van der Waals surface area contributed by atoms with Crippen LogP contribution in [0.25, 0.3) is 6.08 Å². The number of benzene rings is 2. The number of hydrogen-bond acceptors (Lipinski definition) is 6. The van der Waals surface area contributed by atoms with Crippen LogP contribution in [0.3, 0.4) is 0 Å². The molecule has 27 heavy (non-hydrogen) atoms. The van der Waals surface area contributed by atoms with E-state index < -0.39 is 0 Å². The molecule has 1 amide bonds. The fourth-order valence-corrected chi connectivity index (χ4v) is 4.44. The molecule has 0 saturated carbocycles. The molecule has 0 radical (unpaired) electrons. The van der Waals surface area contributed by atoms with Crippen molar-refractivity contribution in [3.05, 3.63) is 51.3 Å². The van der Waals surface area contributed by atoms with Crippen molar-refractivity contribution < 1.29 is 19.0 Å². The minimum Gasteiger partial charge on any atom is -0.493 e. The van der Waals surface area contributed by atoms with Gasteiger partial charge in [0.2, 0.25) is 6.79 Å². The molecule has 0 aromatic heterocycles. The zero-order valence-corrected chi connectivity index (χ0v) is 17.4. The van der Waals surface area contributed by atoms with Crippen LogP contribution in [-0.2, 0) is 4.79 Å². The van der Waals surface area contributed by atoms with Crippen molar-refractivity contribution in [3.8, 4) is 17.2 Å². The van der Waals surface area contributed by atoms with Crippen molar-refractivity contribution in [1.82, 2.24) is 0 Å². The smallest absolute Gasteiger partial charge is 0.270 e. The average molecular weight is 464 g/mol. The summed E-state index contributed by atoms with van der Waals surface area (Å²) < 4.78 is 17.8. The van der Waals surface area contributed by atoms with Gasteiger partial charge in [0.05, 0.1) is 17.2 Å². The number of amides is 1. The topological polar surface area (TPSA) is 48.0 Å². The van der Waals surface area contributed by atoms with Gasteiger partial charge in [-0.1, -0.05) is 39.9 Å². The Morgan fingerprint density at radius 1 is 1.26 bits per heavy atom. The van der Waals surface area contributed by atoms with E-state index in [1.807, 2.05) is 31.2 Å². The Hall–Kier alpha value is -2.03. The Morgan fingerprint density at radius 3 is 2.89 bits per heavy atom. The fourth-order valence-electron chi connectivity index (χ4n) is 2.77. The van der Waals surface area contributed by atoms with Crippen LogP contribution in [0.15, 0.2) is 45.8 Å². The van der Waals surface area contributed by atoms with Crippen LogP contribution < -0.4 is 19.1 Å². The summed E-state index contributed by atoms with van der Waals surface area (Å²) in [5.41, 5.74) is 1.47. The third kappa shape index (κ3) is 3.56. The first-order chi connectivity index (χ1) is 13.1. The summed E-state index contributed by atoms with van der Waals surface area (Å²) in [6, 6.07) is 11.0. The lowest BCUT2D eigenvalue weighted by Gasteiger charge is -2.14. The van der Waals surface area contributed by atoms with E-state index in [0.29, 0.717) is 38.8 Å². The third-order valence-corrected chi connectivity index (χ3v) is 5.76. The van der Waals surface area contributed by atoms with Crippen molar-refractivity contribution in [1.29, 1.82) is 0 Å². The van der Waals surface area contributed by atoms with Crippen LogP contribution in [0.2, 0.25) is 0 Å². The summed E-state index contributed by atoms with van der Waals surface area (Å²) in [5.74, 6) is 1.81. The quantitative estimate of drug-likeness (QED) is 0.470. The lowest BCUT2D eigenvalue weighted by Crippen LogP contribution is -2.27. The molecule has 0 unspecified atom stereocenters. The number of thiocarbonyl (C=S) groups is 1. The van der Waals surface area contributed by atoms with Gasteiger partial charge < -0.3 is 14.2 Å². The predicted octanol–water partition coefficient (Wildman–Crippen LogP) is 4.98. The van der Waals surface area contributed by atoms with Gasteiger partial charge in [0.15, 0.2) is 15.8 Å². The Labute approximate surface area is 174 Å². The minimum absolute atomic E-state index is 0.175. The van der Waals surface area contributed by atoms with Gasteiger partial charge in [-0.3, -0.25) is 9.69 Å². The van der Waals surface area contributed by atoms with E-state index in [1.54, 1.807) is 18.2 Å². The van der Waals surface area contributed by atoms with Crippen LogP contribution in [0.5, 0.6) is 17.2 Å². The van der Waals surface area contributed by atoms with Gasteiger partial charge in [-0.2, -0.15) is 0 Å². The molecule has 5 nitrogen and oxygen atoms in total. The molecule has 1 fully saturated rings. The van der Waals surface area contributed by atoms with Crippen LogP contribution in [0, 0.1) is 0 Å². The van der Waals surface area contributed by atoms with E-state index in [4.69, 9.17) is 26.4 Å². The molecule has 2 aliphatic heterocycles. The number of hydrogen-bond donors (Lipinski definition) is 0. The maximum atomic E-state index is 13.0. The number of nitrogens with zero attached hydrogens (tertiary/aromatic N) is 1. The van der Waals surface area contributed by atoms with Crippen molar-refractivity contribution in [2.75, 3.05) is 18.3 Å². The highest BCUT2D eigenvalue weighted by molar-refractivity contribution is 9.10. The maximum absolute atomic E-state index is 13.0. The number of carbonyl (C=O) groups excluding carboxylic acids is 1. The number of thioether (sulfide) groups is 1. The van der Waals surface area contributed by atoms with Crippen LogP contribution in [0.4, 0.5) is 5.69 Å². The molecule has 4 rings (SSSR count). The second-order valence-corrected chi connectivity index (χ2v) is 8.26. The number of anilines is 1. The van der Waals surface area contributed by atoms with Gasteiger partial charge >= 0.3 is 0 Å². The first kappa shape index (κ1) is 18.3. The molecule has 8 heteroatoms. The summed E-state index contributed by atoms with van der Waals surface area (Å²) in [6.45, 7) is 2.64. The zero-order valence-electron chi connectivity index (χ0n) is 14.2. The molecule has 2 aliphatic rings. The number of fused-ring (bicyclic) bond motifs is 1. The minimum atomic E-state index is -0.175. The lowest BCUT2D eigenvalue weighted by atomic mass is 10.2. The molecule has 0 N–H and O–H groups in total. The van der Waals surface area contributed by atoms with Crippen molar-refractivity contribution >= 4 is 61.9 Å². The van der Waals surface area contributed by atoms with Crippen LogP contribution in [-0.4, -0.2) is 23.6 Å². The van der Waals surface area contributed by atoms with E-state index in [0.717, 1.165) is 10.0 Å². The second kappa shape index (κ2) is 7.53. The monoisotopic (exact) mass is 463 g/mol. The predicted molar refractivity (Wildman–Crippen MR) is 114 cm³/mol. The summed E-state index contributed by atoms with van der Waals surface area (Å²) in [6.07, 6.45) is 1.81. The zero-order chi connectivity index (χ0) is 19.0. The van der Waals surface area contributed by atoms with Gasteiger partial charge in [0.25, 0.3) is 5.91 Å². The van der Waals surface area contributed by atoms with E-state index in [-0.39, 0.29) is 12.7 Å². The second-order valence-electron chi connectivity index (χ2n) is 5.67. The Kier molecular flexibility index (Phi) is 5.12. The molecule has 138 valence electrons. The molecule has 0 bridgehead atoms. The fraction of sp³-hybridized carbons (Fsp3) is 0.158. The summed E-state index contributed by atoms with van der Waals surface area (Å²) in [5, 5.41) is 0. The standard InChI is InChI=1S/C19H14BrNO4S2/c1-2-23-14-5-3-12(20)7-11(14)8-17-18(22)21(19(26)27-17)13-4-6-15-16(9-13)25-10-24-15/h3-9H,2,10H2,1H3/b17-8+. The van der Waals surface area contributed by atoms with Crippen molar-refractivity contribution in [2.45, 2.75) is 6.92 Å². The van der Waals surface area contributed by atoms with E-state index in [9.17, 15) is 4.79 Å². The molecular formula is C19H14BrNO4S2. The summed E-state index contributed by atoms with van der Waals surface area (Å²) >= 11 is 10.2. The highest BCUT2D eigenvalue weighted by atomic mass is 79.9. The van der Waals surface area contributed by atoms with Crippen LogP contribution in [0.1, 0.15) is 12.5 Å².